The van der Waals surface area contributed by atoms with Gasteiger partial charge < -0.3 is 18.9 Å². The predicted octanol–water partition coefficient (Wildman–Crippen LogP) is 2.44. The van der Waals surface area contributed by atoms with Crippen LogP contribution in [-0.2, 0) is 11.8 Å². The molecule has 0 N–H and O–H groups in total. The molecule has 5 heteroatoms. The lowest BCUT2D eigenvalue weighted by Crippen LogP contribution is -2.48. The maximum Gasteiger partial charge on any atom is 0.270 e. The third-order valence-electron chi connectivity index (χ3n) is 4.19. The maximum absolute atomic E-state index is 12.9. The van der Waals surface area contributed by atoms with Gasteiger partial charge in [-0.2, -0.15) is 0 Å². The van der Waals surface area contributed by atoms with Gasteiger partial charge in [-0.05, 0) is 32.0 Å². The Labute approximate surface area is 130 Å². The molecule has 1 aromatic carbocycles. The minimum Gasteiger partial charge on any atom is -0.496 e. The zero-order valence-corrected chi connectivity index (χ0v) is 13.5. The smallest absolute Gasteiger partial charge is 0.270 e. The van der Waals surface area contributed by atoms with Crippen LogP contribution in [0.5, 0.6) is 5.75 Å². The van der Waals surface area contributed by atoms with E-state index in [1.165, 1.54) is 0 Å². The highest BCUT2D eigenvalue weighted by atomic mass is 16.5. The molecular weight excluding hydrogens is 280 g/mol. The van der Waals surface area contributed by atoms with Crippen molar-refractivity contribution in [2.45, 2.75) is 26.1 Å². The molecule has 0 spiro atoms. The van der Waals surface area contributed by atoms with Crippen LogP contribution in [0.4, 0.5) is 0 Å². The van der Waals surface area contributed by atoms with E-state index in [0.29, 0.717) is 18.8 Å². The minimum absolute atomic E-state index is 0.0442. The van der Waals surface area contributed by atoms with Gasteiger partial charge in [0.15, 0.2) is 0 Å². The number of carbonyl (C=O) groups is 1. The van der Waals surface area contributed by atoms with Gasteiger partial charge in [0.05, 0.1) is 24.8 Å². The number of nitrogens with zero attached hydrogens (tertiary/aromatic N) is 2. The van der Waals surface area contributed by atoms with E-state index in [-0.39, 0.29) is 18.1 Å². The number of hydrogen-bond donors (Lipinski definition) is 0. The molecule has 1 aliphatic heterocycles. The first-order valence-corrected chi connectivity index (χ1v) is 7.58. The zero-order chi connectivity index (χ0) is 15.9. The van der Waals surface area contributed by atoms with Crippen LogP contribution >= 0.6 is 0 Å². The minimum atomic E-state index is 0.0442. The van der Waals surface area contributed by atoms with Crippen molar-refractivity contribution in [1.82, 2.24) is 9.47 Å². The summed E-state index contributed by atoms with van der Waals surface area (Å²) < 4.78 is 13.0. The van der Waals surface area contributed by atoms with Gasteiger partial charge >= 0.3 is 0 Å². The molecule has 0 aliphatic carbocycles. The Balaban J connectivity index is 1.99. The average molecular weight is 302 g/mol. The lowest BCUT2D eigenvalue weighted by molar-refractivity contribution is -0.0588. The quantitative estimate of drug-likeness (QED) is 0.856. The topological polar surface area (TPSA) is 43.7 Å². The van der Waals surface area contributed by atoms with Gasteiger partial charge in [-0.3, -0.25) is 4.79 Å². The number of fused-ring (bicyclic) bond motifs is 1. The average Bonchev–Trinajstić information content (AvgIpc) is 2.83. The Morgan fingerprint density at radius 3 is 2.59 bits per heavy atom. The van der Waals surface area contributed by atoms with E-state index in [4.69, 9.17) is 9.47 Å². The fourth-order valence-corrected chi connectivity index (χ4v) is 3.22. The van der Waals surface area contributed by atoms with Crippen LogP contribution in [0.25, 0.3) is 10.9 Å². The molecule has 2 atom stereocenters. The molecule has 1 aliphatic rings. The molecule has 0 bridgehead atoms. The van der Waals surface area contributed by atoms with Gasteiger partial charge in [0.25, 0.3) is 5.91 Å². The number of benzene rings is 1. The van der Waals surface area contributed by atoms with Crippen molar-refractivity contribution in [2.24, 2.45) is 7.05 Å². The highest BCUT2D eigenvalue weighted by Gasteiger charge is 2.28. The number of amides is 1. The van der Waals surface area contributed by atoms with Crippen LogP contribution < -0.4 is 4.74 Å². The molecule has 1 fully saturated rings. The lowest BCUT2D eigenvalue weighted by Gasteiger charge is -2.35. The highest BCUT2D eigenvalue weighted by Crippen LogP contribution is 2.29. The van der Waals surface area contributed by atoms with Crippen molar-refractivity contribution >= 4 is 16.8 Å². The first-order valence-electron chi connectivity index (χ1n) is 7.58. The number of methoxy groups -OCH3 is 1. The second kappa shape index (κ2) is 5.65. The molecule has 2 aromatic rings. The summed E-state index contributed by atoms with van der Waals surface area (Å²) in [6.45, 7) is 5.25. The highest BCUT2D eigenvalue weighted by molar-refractivity contribution is 6.00. The molecule has 118 valence electrons. The molecule has 1 saturated heterocycles. The molecular formula is C17H22N2O3. The second-order valence-corrected chi connectivity index (χ2v) is 5.95. The summed E-state index contributed by atoms with van der Waals surface area (Å²) in [5, 5.41) is 0.963. The largest absolute Gasteiger partial charge is 0.496 e. The van der Waals surface area contributed by atoms with Crippen LogP contribution in [0.1, 0.15) is 24.3 Å². The van der Waals surface area contributed by atoms with E-state index in [2.05, 4.69) is 0 Å². The van der Waals surface area contributed by atoms with Gasteiger partial charge in [-0.15, -0.1) is 0 Å². The standard InChI is InChI=1S/C17H22N2O3/c1-11-9-19(10-12(2)22-11)17(20)15-8-13-14(18(15)3)6-5-7-16(13)21-4/h5-8,11-12H,9-10H2,1-4H3. The van der Waals surface area contributed by atoms with E-state index in [0.717, 1.165) is 16.7 Å². The van der Waals surface area contributed by atoms with E-state index in [9.17, 15) is 4.79 Å². The van der Waals surface area contributed by atoms with Gasteiger partial charge in [-0.25, -0.2) is 0 Å². The Kier molecular flexibility index (Phi) is 3.83. The van der Waals surface area contributed by atoms with Crippen LogP contribution in [-0.4, -0.2) is 47.8 Å². The van der Waals surface area contributed by atoms with Crippen molar-refractivity contribution in [3.63, 3.8) is 0 Å². The number of rotatable bonds is 2. The third-order valence-corrected chi connectivity index (χ3v) is 4.19. The summed E-state index contributed by atoms with van der Waals surface area (Å²) in [5.74, 6) is 0.832. The van der Waals surface area contributed by atoms with Crippen molar-refractivity contribution < 1.29 is 14.3 Å². The van der Waals surface area contributed by atoms with Crippen molar-refractivity contribution in [3.05, 3.63) is 30.0 Å². The van der Waals surface area contributed by atoms with Crippen molar-refractivity contribution in [2.75, 3.05) is 20.2 Å². The maximum atomic E-state index is 12.9. The summed E-state index contributed by atoms with van der Waals surface area (Å²) in [4.78, 5) is 14.8. The number of ether oxygens (including phenoxy) is 2. The molecule has 2 heterocycles. The molecule has 5 nitrogen and oxygen atoms in total. The zero-order valence-electron chi connectivity index (χ0n) is 13.5. The number of aromatic nitrogens is 1. The van der Waals surface area contributed by atoms with Gasteiger partial charge in [0.2, 0.25) is 0 Å². The fraction of sp³-hybridized carbons (Fsp3) is 0.471. The molecule has 22 heavy (non-hydrogen) atoms. The molecule has 1 aromatic heterocycles. The number of aryl methyl sites for hydroxylation is 1. The predicted molar refractivity (Wildman–Crippen MR) is 85.4 cm³/mol. The number of hydrogen-bond acceptors (Lipinski definition) is 3. The van der Waals surface area contributed by atoms with Crippen LogP contribution in [0.15, 0.2) is 24.3 Å². The van der Waals surface area contributed by atoms with Crippen LogP contribution in [0.3, 0.4) is 0 Å². The molecule has 1 amide bonds. The first-order chi connectivity index (χ1) is 10.5. The van der Waals surface area contributed by atoms with E-state index < -0.39 is 0 Å². The van der Waals surface area contributed by atoms with Crippen molar-refractivity contribution in [1.29, 1.82) is 0 Å². The SMILES string of the molecule is COc1cccc2c1cc(C(=O)N1CC(C)OC(C)C1)n2C. The molecule has 3 rings (SSSR count). The summed E-state index contributed by atoms with van der Waals surface area (Å²) in [7, 11) is 3.57. The fourth-order valence-electron chi connectivity index (χ4n) is 3.22. The number of carbonyl (C=O) groups excluding carboxylic acids is 1. The lowest BCUT2D eigenvalue weighted by atomic mass is 10.2. The summed E-state index contributed by atoms with van der Waals surface area (Å²) in [6.07, 6.45) is 0.133. The summed E-state index contributed by atoms with van der Waals surface area (Å²) in [5.41, 5.74) is 1.68. The summed E-state index contributed by atoms with van der Waals surface area (Å²) in [6, 6.07) is 7.77. The first kappa shape index (κ1) is 14.9. The molecule has 2 unspecified atom stereocenters. The van der Waals surface area contributed by atoms with E-state index >= 15 is 0 Å². The Morgan fingerprint density at radius 1 is 1.27 bits per heavy atom. The third kappa shape index (κ3) is 2.46. The van der Waals surface area contributed by atoms with Gasteiger partial charge in [0, 0.05) is 25.5 Å². The van der Waals surface area contributed by atoms with Crippen LogP contribution in [0, 0.1) is 0 Å². The Morgan fingerprint density at radius 2 is 1.95 bits per heavy atom. The Hall–Kier alpha value is -2.01. The van der Waals surface area contributed by atoms with E-state index in [1.807, 2.05) is 54.6 Å². The van der Waals surface area contributed by atoms with Gasteiger partial charge in [-0.1, -0.05) is 6.07 Å². The van der Waals surface area contributed by atoms with Crippen molar-refractivity contribution in [3.8, 4) is 5.75 Å². The van der Waals surface area contributed by atoms with E-state index in [1.54, 1.807) is 7.11 Å². The van der Waals surface area contributed by atoms with Gasteiger partial charge in [0.1, 0.15) is 11.4 Å². The monoisotopic (exact) mass is 302 g/mol. The Bertz CT molecular complexity index is 697. The summed E-state index contributed by atoms with van der Waals surface area (Å²) >= 11 is 0. The number of morpholine rings is 1. The second-order valence-electron chi connectivity index (χ2n) is 5.95. The normalized spacial score (nSPS) is 22.1. The molecule has 0 saturated carbocycles. The van der Waals surface area contributed by atoms with Crippen LogP contribution in [0.2, 0.25) is 0 Å². The molecule has 0 radical (unpaired) electrons.